The molecule has 0 spiro atoms. The van der Waals surface area contributed by atoms with Gasteiger partial charge in [0, 0.05) is 51.4 Å². The molecule has 30 heavy (non-hydrogen) atoms. The van der Waals surface area contributed by atoms with Gasteiger partial charge in [-0.2, -0.15) is 0 Å². The van der Waals surface area contributed by atoms with Crippen molar-refractivity contribution in [3.63, 3.8) is 0 Å². The zero-order valence-corrected chi connectivity index (χ0v) is 19.0. The van der Waals surface area contributed by atoms with Gasteiger partial charge in [-0.3, -0.25) is 9.69 Å². The van der Waals surface area contributed by atoms with E-state index in [-0.39, 0.29) is 17.7 Å². The second kappa shape index (κ2) is 9.69. The highest BCUT2D eigenvalue weighted by molar-refractivity contribution is 5.84. The number of hydrogen-bond donors (Lipinski definition) is 1. The van der Waals surface area contributed by atoms with Gasteiger partial charge in [0.05, 0.1) is 0 Å². The molecule has 1 amide bonds. The Morgan fingerprint density at radius 3 is 2.53 bits per heavy atom. The molecule has 3 fully saturated rings. The Morgan fingerprint density at radius 2 is 1.90 bits per heavy atom. The van der Waals surface area contributed by atoms with E-state index >= 15 is 0 Å². The molecule has 3 saturated heterocycles. The van der Waals surface area contributed by atoms with E-state index in [0.717, 1.165) is 76.2 Å². The molecule has 1 aromatic heterocycles. The van der Waals surface area contributed by atoms with Crippen molar-refractivity contribution < 1.29 is 9.32 Å². The van der Waals surface area contributed by atoms with Crippen LogP contribution in [0, 0.1) is 11.8 Å². The standard InChI is InChI=1S/C23H39N5O2/c1-17(2)22(23(29)28-10-4-5-18(28)3)20-15-21(25-30-20)27-13-11-26(12-14-27)16-19-6-8-24-9-7-19/h15,17-19,22,24H,4-14,16H2,1-3H3. The fourth-order valence-electron chi connectivity index (χ4n) is 5.34. The number of nitrogens with zero attached hydrogens (tertiary/aromatic N) is 4. The molecule has 0 radical (unpaired) electrons. The van der Waals surface area contributed by atoms with Gasteiger partial charge in [0.15, 0.2) is 11.6 Å². The van der Waals surface area contributed by atoms with E-state index in [9.17, 15) is 4.79 Å². The summed E-state index contributed by atoms with van der Waals surface area (Å²) < 4.78 is 5.75. The molecule has 168 valence electrons. The second-order valence-electron chi connectivity index (χ2n) is 9.81. The van der Waals surface area contributed by atoms with Crippen LogP contribution in [0.25, 0.3) is 0 Å². The molecule has 2 atom stereocenters. The van der Waals surface area contributed by atoms with Crippen molar-refractivity contribution in [3.8, 4) is 0 Å². The molecule has 0 saturated carbocycles. The van der Waals surface area contributed by atoms with Crippen LogP contribution in [0.1, 0.15) is 58.1 Å². The molecule has 3 aliphatic heterocycles. The van der Waals surface area contributed by atoms with Crippen LogP contribution in [-0.4, -0.2) is 79.3 Å². The number of piperazine rings is 1. The summed E-state index contributed by atoms with van der Waals surface area (Å²) in [5.74, 6) is 2.59. The largest absolute Gasteiger partial charge is 0.358 e. The number of aromatic nitrogens is 1. The molecule has 3 aliphatic rings. The highest BCUT2D eigenvalue weighted by atomic mass is 16.5. The summed E-state index contributed by atoms with van der Waals surface area (Å²) in [5.41, 5.74) is 0. The van der Waals surface area contributed by atoms with Crippen LogP contribution in [0.2, 0.25) is 0 Å². The third kappa shape index (κ3) is 4.83. The number of piperidine rings is 1. The number of carbonyl (C=O) groups excluding carboxylic acids is 1. The van der Waals surface area contributed by atoms with Crippen LogP contribution in [0.5, 0.6) is 0 Å². The number of amides is 1. The van der Waals surface area contributed by atoms with Gasteiger partial charge in [0.25, 0.3) is 0 Å². The minimum absolute atomic E-state index is 0.188. The molecule has 0 aliphatic carbocycles. The molecular formula is C23H39N5O2. The highest BCUT2D eigenvalue weighted by Gasteiger charge is 2.36. The summed E-state index contributed by atoms with van der Waals surface area (Å²) in [6, 6.07) is 2.35. The fourth-order valence-corrected chi connectivity index (χ4v) is 5.34. The fraction of sp³-hybridized carbons (Fsp3) is 0.826. The summed E-state index contributed by atoms with van der Waals surface area (Å²) in [7, 11) is 0. The number of hydrogen-bond acceptors (Lipinski definition) is 6. The van der Waals surface area contributed by atoms with Gasteiger partial charge in [-0.05, 0) is 57.5 Å². The maximum Gasteiger partial charge on any atom is 0.233 e. The van der Waals surface area contributed by atoms with E-state index < -0.39 is 0 Å². The molecule has 7 heteroatoms. The SMILES string of the molecule is CC(C)C(C(=O)N1CCCC1C)c1cc(N2CCN(CC3CCNCC3)CC2)no1. The maximum atomic E-state index is 13.2. The van der Waals surface area contributed by atoms with Crippen molar-refractivity contribution in [1.29, 1.82) is 0 Å². The van der Waals surface area contributed by atoms with Crippen LogP contribution in [0.3, 0.4) is 0 Å². The van der Waals surface area contributed by atoms with E-state index in [1.807, 2.05) is 11.0 Å². The minimum atomic E-state index is -0.243. The first-order valence-corrected chi connectivity index (χ1v) is 12.0. The summed E-state index contributed by atoms with van der Waals surface area (Å²) in [4.78, 5) is 20.2. The summed E-state index contributed by atoms with van der Waals surface area (Å²) in [6.45, 7) is 14.9. The molecule has 0 bridgehead atoms. The molecule has 1 N–H and O–H groups in total. The number of rotatable bonds is 6. The molecule has 4 heterocycles. The van der Waals surface area contributed by atoms with E-state index in [0.29, 0.717) is 6.04 Å². The zero-order chi connectivity index (χ0) is 21.1. The minimum Gasteiger partial charge on any atom is -0.358 e. The Hall–Kier alpha value is -1.60. The predicted molar refractivity (Wildman–Crippen MR) is 119 cm³/mol. The number of anilines is 1. The lowest BCUT2D eigenvalue weighted by molar-refractivity contribution is -0.134. The van der Waals surface area contributed by atoms with Crippen LogP contribution in [0.15, 0.2) is 10.6 Å². The number of nitrogens with one attached hydrogen (secondary N) is 1. The Morgan fingerprint density at radius 1 is 1.17 bits per heavy atom. The third-order valence-electron chi connectivity index (χ3n) is 7.26. The van der Waals surface area contributed by atoms with Gasteiger partial charge < -0.3 is 19.6 Å². The Bertz CT molecular complexity index is 692. The van der Waals surface area contributed by atoms with Crippen LogP contribution < -0.4 is 10.2 Å². The van der Waals surface area contributed by atoms with Crippen molar-refractivity contribution >= 4 is 11.7 Å². The first kappa shape index (κ1) is 21.6. The summed E-state index contributed by atoms with van der Waals surface area (Å²) in [6.07, 6.45) is 4.79. The van der Waals surface area contributed by atoms with Gasteiger partial charge in [-0.1, -0.05) is 19.0 Å². The molecular weight excluding hydrogens is 378 g/mol. The molecule has 2 unspecified atom stereocenters. The molecule has 4 rings (SSSR count). The quantitative estimate of drug-likeness (QED) is 0.767. The predicted octanol–water partition coefficient (Wildman–Crippen LogP) is 2.55. The Kier molecular flexibility index (Phi) is 6.98. The smallest absolute Gasteiger partial charge is 0.233 e. The van der Waals surface area contributed by atoms with Gasteiger partial charge in [0.1, 0.15) is 5.92 Å². The summed E-state index contributed by atoms with van der Waals surface area (Å²) >= 11 is 0. The van der Waals surface area contributed by atoms with Gasteiger partial charge in [0.2, 0.25) is 5.91 Å². The van der Waals surface area contributed by atoms with E-state index in [4.69, 9.17) is 4.52 Å². The second-order valence-corrected chi connectivity index (χ2v) is 9.81. The third-order valence-corrected chi connectivity index (χ3v) is 7.26. The normalized spacial score (nSPS) is 25.3. The van der Waals surface area contributed by atoms with E-state index in [1.165, 1.54) is 19.4 Å². The molecule has 7 nitrogen and oxygen atoms in total. The lowest BCUT2D eigenvalue weighted by Crippen LogP contribution is -2.48. The zero-order valence-electron chi connectivity index (χ0n) is 19.0. The molecule has 0 aromatic carbocycles. The topological polar surface area (TPSA) is 64.9 Å². The van der Waals surface area contributed by atoms with Crippen molar-refractivity contribution in [2.45, 2.75) is 58.4 Å². The monoisotopic (exact) mass is 417 g/mol. The first-order valence-electron chi connectivity index (χ1n) is 12.0. The average molecular weight is 418 g/mol. The Balaban J connectivity index is 1.35. The summed E-state index contributed by atoms with van der Waals surface area (Å²) in [5, 5.41) is 7.82. The molecule has 1 aromatic rings. The average Bonchev–Trinajstić information content (AvgIpc) is 3.38. The first-order chi connectivity index (χ1) is 14.5. The number of likely N-dealkylation sites (tertiary alicyclic amines) is 1. The van der Waals surface area contributed by atoms with Gasteiger partial charge in [-0.15, -0.1) is 0 Å². The highest BCUT2D eigenvalue weighted by Crippen LogP contribution is 2.32. The van der Waals surface area contributed by atoms with Crippen molar-refractivity contribution in [3.05, 3.63) is 11.8 Å². The van der Waals surface area contributed by atoms with Gasteiger partial charge in [-0.25, -0.2) is 0 Å². The van der Waals surface area contributed by atoms with Crippen molar-refractivity contribution in [2.24, 2.45) is 11.8 Å². The van der Waals surface area contributed by atoms with E-state index in [2.05, 4.69) is 41.0 Å². The number of carbonyl (C=O) groups is 1. The van der Waals surface area contributed by atoms with Crippen molar-refractivity contribution in [1.82, 2.24) is 20.3 Å². The van der Waals surface area contributed by atoms with E-state index in [1.54, 1.807) is 0 Å². The lowest BCUT2D eigenvalue weighted by atomic mass is 9.91. The van der Waals surface area contributed by atoms with Crippen LogP contribution >= 0.6 is 0 Å². The van der Waals surface area contributed by atoms with Crippen LogP contribution in [-0.2, 0) is 4.79 Å². The lowest BCUT2D eigenvalue weighted by Gasteiger charge is -2.37. The van der Waals surface area contributed by atoms with Gasteiger partial charge >= 0.3 is 0 Å². The van der Waals surface area contributed by atoms with Crippen molar-refractivity contribution in [2.75, 3.05) is 57.3 Å². The maximum absolute atomic E-state index is 13.2. The van der Waals surface area contributed by atoms with Crippen LogP contribution in [0.4, 0.5) is 5.82 Å². The Labute approximate surface area is 181 Å².